The van der Waals surface area contributed by atoms with Crippen molar-refractivity contribution in [3.8, 4) is 0 Å². The lowest BCUT2D eigenvalue weighted by atomic mass is 9.96. The highest BCUT2D eigenvalue weighted by molar-refractivity contribution is 5.93. The topological polar surface area (TPSA) is 62.5 Å². The van der Waals surface area contributed by atoms with Gasteiger partial charge in [0.15, 0.2) is 0 Å². The van der Waals surface area contributed by atoms with E-state index in [4.69, 9.17) is 5.73 Å². The molecule has 182 valence electrons. The van der Waals surface area contributed by atoms with E-state index in [1.165, 1.54) is 17.7 Å². The Hall–Kier alpha value is -3.09. The third kappa shape index (κ3) is 5.29. The van der Waals surface area contributed by atoms with Crippen molar-refractivity contribution in [3.63, 3.8) is 0 Å². The quantitative estimate of drug-likeness (QED) is 0.564. The summed E-state index contributed by atoms with van der Waals surface area (Å²) in [6.45, 7) is 5.34. The summed E-state index contributed by atoms with van der Waals surface area (Å²) in [5.41, 5.74) is 9.63. The van der Waals surface area contributed by atoms with Crippen LogP contribution in [0.1, 0.15) is 65.0 Å². The molecule has 3 aromatic rings. The number of hydrogen-bond donors (Lipinski definition) is 1. The van der Waals surface area contributed by atoms with Crippen LogP contribution in [0, 0.1) is 5.82 Å². The number of amides is 1. The zero-order valence-corrected chi connectivity index (χ0v) is 20.2. The molecule has 2 aromatic carbocycles. The Morgan fingerprint density at radius 2 is 1.74 bits per heavy atom. The first kappa shape index (κ1) is 23.6. The second-order valence-corrected chi connectivity index (χ2v) is 9.99. The number of pyridine rings is 1. The Morgan fingerprint density at radius 1 is 1.00 bits per heavy atom. The van der Waals surface area contributed by atoms with Crippen molar-refractivity contribution >= 4 is 5.91 Å². The average molecular weight is 473 g/mol. The minimum atomic E-state index is -0.239. The van der Waals surface area contributed by atoms with Gasteiger partial charge >= 0.3 is 0 Å². The number of carbonyl (C=O) groups excluding carboxylic acids is 1. The first-order valence-electron chi connectivity index (χ1n) is 12.5. The van der Waals surface area contributed by atoms with Crippen LogP contribution in [0.2, 0.25) is 0 Å². The van der Waals surface area contributed by atoms with E-state index < -0.39 is 0 Å². The number of carbonyl (C=O) groups is 1. The lowest BCUT2D eigenvalue weighted by Crippen LogP contribution is -2.43. The molecule has 2 aliphatic heterocycles. The zero-order valence-electron chi connectivity index (χ0n) is 20.2. The molecular weight excluding hydrogens is 439 g/mol. The van der Waals surface area contributed by atoms with Crippen molar-refractivity contribution in [1.29, 1.82) is 0 Å². The smallest absolute Gasteiger partial charge is 0.272 e. The maximum Gasteiger partial charge on any atom is 0.272 e. The van der Waals surface area contributed by atoms with Gasteiger partial charge in [0.25, 0.3) is 5.91 Å². The SMILES string of the molecule is CC(N)c1cccc(C(=O)N2CC(c3ccc(F)cc3)CC2CN2CCC(c3ccccc3)C2)n1. The summed E-state index contributed by atoms with van der Waals surface area (Å²) in [5.74, 6) is 0.408. The number of benzene rings is 2. The molecule has 35 heavy (non-hydrogen) atoms. The summed E-state index contributed by atoms with van der Waals surface area (Å²) >= 11 is 0. The van der Waals surface area contributed by atoms with E-state index in [1.54, 1.807) is 6.07 Å². The van der Waals surface area contributed by atoms with Crippen molar-refractivity contribution in [2.75, 3.05) is 26.2 Å². The van der Waals surface area contributed by atoms with Crippen molar-refractivity contribution in [2.24, 2.45) is 5.73 Å². The van der Waals surface area contributed by atoms with Gasteiger partial charge in [0.05, 0.1) is 5.69 Å². The van der Waals surface area contributed by atoms with Gasteiger partial charge in [-0.25, -0.2) is 9.37 Å². The van der Waals surface area contributed by atoms with E-state index in [1.807, 2.05) is 36.1 Å². The van der Waals surface area contributed by atoms with Gasteiger partial charge in [-0.2, -0.15) is 0 Å². The molecule has 0 aliphatic carbocycles. The van der Waals surface area contributed by atoms with Crippen LogP contribution in [-0.4, -0.2) is 52.9 Å². The highest BCUT2D eigenvalue weighted by Crippen LogP contribution is 2.35. The number of likely N-dealkylation sites (tertiary alicyclic amines) is 2. The van der Waals surface area contributed by atoms with Gasteiger partial charge in [0, 0.05) is 37.6 Å². The number of aromatic nitrogens is 1. The largest absolute Gasteiger partial charge is 0.332 e. The van der Waals surface area contributed by atoms with Crippen LogP contribution in [0.3, 0.4) is 0 Å². The summed E-state index contributed by atoms with van der Waals surface area (Å²) in [6.07, 6.45) is 1.99. The van der Waals surface area contributed by atoms with Crippen LogP contribution in [0.5, 0.6) is 0 Å². The molecule has 6 heteroatoms. The molecule has 2 saturated heterocycles. The monoisotopic (exact) mass is 472 g/mol. The van der Waals surface area contributed by atoms with Crippen LogP contribution in [-0.2, 0) is 0 Å². The molecule has 2 aliphatic rings. The predicted octanol–water partition coefficient (Wildman–Crippen LogP) is 4.73. The summed E-state index contributed by atoms with van der Waals surface area (Å²) in [5, 5.41) is 0. The van der Waals surface area contributed by atoms with Gasteiger partial charge in [-0.05, 0) is 67.6 Å². The molecular formula is C29H33FN4O. The fourth-order valence-corrected chi connectivity index (χ4v) is 5.58. The number of nitrogens with two attached hydrogens (primary N) is 1. The third-order valence-electron chi connectivity index (χ3n) is 7.49. The summed E-state index contributed by atoms with van der Waals surface area (Å²) in [7, 11) is 0. The summed E-state index contributed by atoms with van der Waals surface area (Å²) in [6, 6.07) is 22.7. The maximum absolute atomic E-state index is 13.7. The van der Waals surface area contributed by atoms with E-state index in [0.717, 1.165) is 38.0 Å². The molecule has 2 N–H and O–H groups in total. The fraction of sp³-hybridized carbons (Fsp3) is 0.379. The second-order valence-electron chi connectivity index (χ2n) is 9.99. The molecule has 1 aromatic heterocycles. The number of hydrogen-bond acceptors (Lipinski definition) is 4. The van der Waals surface area contributed by atoms with Gasteiger partial charge in [0.2, 0.25) is 0 Å². The Morgan fingerprint density at radius 3 is 2.49 bits per heavy atom. The van der Waals surface area contributed by atoms with Crippen LogP contribution >= 0.6 is 0 Å². The molecule has 2 fully saturated rings. The normalized spacial score (nSPS) is 23.5. The lowest BCUT2D eigenvalue weighted by molar-refractivity contribution is 0.0701. The Bertz CT molecular complexity index is 1150. The number of rotatable bonds is 6. The predicted molar refractivity (Wildman–Crippen MR) is 136 cm³/mol. The highest BCUT2D eigenvalue weighted by Gasteiger charge is 2.39. The molecule has 0 saturated carbocycles. The second kappa shape index (κ2) is 10.3. The molecule has 0 bridgehead atoms. The summed E-state index contributed by atoms with van der Waals surface area (Å²) in [4.78, 5) is 22.7. The highest BCUT2D eigenvalue weighted by atomic mass is 19.1. The molecule has 5 nitrogen and oxygen atoms in total. The van der Waals surface area contributed by atoms with Crippen LogP contribution in [0.15, 0.2) is 72.8 Å². The van der Waals surface area contributed by atoms with Gasteiger partial charge in [-0.1, -0.05) is 48.5 Å². The minimum absolute atomic E-state index is 0.0547. The molecule has 4 unspecified atom stereocenters. The van der Waals surface area contributed by atoms with E-state index in [0.29, 0.717) is 23.9 Å². The van der Waals surface area contributed by atoms with Crippen molar-refractivity contribution < 1.29 is 9.18 Å². The lowest BCUT2D eigenvalue weighted by Gasteiger charge is -2.28. The third-order valence-corrected chi connectivity index (χ3v) is 7.49. The number of halogens is 1. The molecule has 3 heterocycles. The number of nitrogens with zero attached hydrogens (tertiary/aromatic N) is 3. The van der Waals surface area contributed by atoms with Crippen molar-refractivity contribution in [2.45, 2.75) is 43.7 Å². The Labute approximate surface area is 206 Å². The molecule has 0 spiro atoms. The van der Waals surface area contributed by atoms with Crippen molar-refractivity contribution in [1.82, 2.24) is 14.8 Å². The molecule has 5 rings (SSSR count). The molecule has 0 radical (unpaired) electrons. The van der Waals surface area contributed by atoms with E-state index in [9.17, 15) is 9.18 Å². The van der Waals surface area contributed by atoms with Gasteiger partial charge in [-0.3, -0.25) is 4.79 Å². The maximum atomic E-state index is 13.7. The Balaban J connectivity index is 1.35. The van der Waals surface area contributed by atoms with Gasteiger partial charge in [-0.15, -0.1) is 0 Å². The van der Waals surface area contributed by atoms with E-state index in [-0.39, 0.29) is 29.7 Å². The van der Waals surface area contributed by atoms with Crippen LogP contribution in [0.25, 0.3) is 0 Å². The standard InChI is InChI=1S/C29H33FN4O/c1-20(31)27-8-5-9-28(32-27)29(35)34-18-24(22-10-12-25(30)13-11-22)16-26(34)19-33-15-14-23(17-33)21-6-3-2-4-7-21/h2-13,20,23-24,26H,14-19,31H2,1H3. The van der Waals surface area contributed by atoms with Crippen LogP contribution in [0.4, 0.5) is 4.39 Å². The fourth-order valence-electron chi connectivity index (χ4n) is 5.58. The Kier molecular flexibility index (Phi) is 6.93. The van der Waals surface area contributed by atoms with Gasteiger partial charge in [0.1, 0.15) is 11.5 Å². The van der Waals surface area contributed by atoms with Crippen LogP contribution < -0.4 is 5.73 Å². The van der Waals surface area contributed by atoms with E-state index in [2.05, 4.69) is 40.2 Å². The van der Waals surface area contributed by atoms with Crippen molar-refractivity contribution in [3.05, 3.63) is 101 Å². The summed E-state index contributed by atoms with van der Waals surface area (Å²) < 4.78 is 13.5. The average Bonchev–Trinajstić information content (AvgIpc) is 3.52. The first-order chi connectivity index (χ1) is 17.0. The van der Waals surface area contributed by atoms with E-state index >= 15 is 0 Å². The zero-order chi connectivity index (χ0) is 24.4. The first-order valence-corrected chi connectivity index (χ1v) is 12.5. The molecule has 4 atom stereocenters. The minimum Gasteiger partial charge on any atom is -0.332 e. The molecule has 1 amide bonds. The van der Waals surface area contributed by atoms with Gasteiger partial charge < -0.3 is 15.5 Å².